The molecule has 0 aromatic heterocycles. The number of hydrogen-bond acceptors (Lipinski definition) is 15. The standard InChI is InChI=1S/C75H127N13O15/c1-42(2)32-52-70(97)85(21)58(36-46(9)10)73(100)84(20)57(35-45(7)8)68(95)78-53(38-50-28-29-51(65(92)76-16)60(39-50)103-24)71(98)86(22)59(37-47(11)12)74(101)87(23)64(48(13)14)69(96)80-63(49(15)89)75(102)81(17)41-62(91)83(19)56(34-44(5)6)67(94)79-54(72(99)88-30-26-25-27-31-88)40-61(90)82(18)55(33-43(3)4)66(93)77-52/h28-29,39,42-49,52-59,63-64,89H,25-27,30-38,40-41H2,1-24H3,(H,76,92)(H,77,93)(H,78,95)(H,79,94)(H,80,96)/t49-,52+,53+,54+,55+,56+,57+,58+,59+,63+,64+/m1/s1. The second-order valence-corrected chi connectivity index (χ2v) is 31.4. The van der Waals surface area contributed by atoms with Crippen LogP contribution in [-0.2, 0) is 64.0 Å². The second kappa shape index (κ2) is 41.0. The average Bonchev–Trinajstić information content (AvgIpc) is 0.812. The van der Waals surface area contributed by atoms with Crippen LogP contribution in [0.4, 0.5) is 0 Å². The van der Waals surface area contributed by atoms with E-state index in [1.807, 2.05) is 83.1 Å². The Balaban J connectivity index is 2.47. The van der Waals surface area contributed by atoms with E-state index in [-0.39, 0.29) is 91.8 Å². The highest BCUT2D eigenvalue weighted by Gasteiger charge is 2.45. The Bertz CT molecular complexity index is 3090. The predicted octanol–water partition coefficient (Wildman–Crippen LogP) is 3.69. The predicted molar refractivity (Wildman–Crippen MR) is 393 cm³/mol. The first-order chi connectivity index (χ1) is 47.9. The van der Waals surface area contributed by atoms with Crippen LogP contribution in [0, 0.1) is 41.4 Å². The molecule has 3 rings (SSSR count). The van der Waals surface area contributed by atoms with Crippen LogP contribution in [0.5, 0.6) is 5.75 Å². The smallest absolute Gasteiger partial charge is 0.254 e. The van der Waals surface area contributed by atoms with Gasteiger partial charge in [0, 0.05) is 75.9 Å². The number of nitrogens with zero attached hydrogens (tertiary/aromatic N) is 8. The first-order valence-electron chi connectivity index (χ1n) is 36.8. The molecule has 582 valence electrons. The van der Waals surface area contributed by atoms with Gasteiger partial charge < -0.3 is 75.6 Å². The van der Waals surface area contributed by atoms with Crippen LogP contribution in [0.1, 0.15) is 184 Å². The van der Waals surface area contributed by atoms with Crippen molar-refractivity contribution in [3.63, 3.8) is 0 Å². The fourth-order valence-corrected chi connectivity index (χ4v) is 13.5. The van der Waals surface area contributed by atoms with Crippen molar-refractivity contribution in [3.05, 3.63) is 29.3 Å². The molecule has 0 spiro atoms. The van der Waals surface area contributed by atoms with Crippen LogP contribution in [0.25, 0.3) is 0 Å². The summed E-state index contributed by atoms with van der Waals surface area (Å²) in [5, 5.41) is 25.2. The van der Waals surface area contributed by atoms with Crippen LogP contribution in [0.3, 0.4) is 0 Å². The third kappa shape index (κ3) is 25.4. The van der Waals surface area contributed by atoms with E-state index in [1.165, 1.54) is 101 Å². The number of carbonyl (C=O) groups excluding carboxylic acids is 13. The highest BCUT2D eigenvalue weighted by atomic mass is 16.5. The van der Waals surface area contributed by atoms with Gasteiger partial charge in [-0.05, 0) is 124 Å². The summed E-state index contributed by atoms with van der Waals surface area (Å²) in [6.07, 6.45) is 0.249. The lowest BCUT2D eigenvalue weighted by Gasteiger charge is -2.39. The Labute approximate surface area is 612 Å². The topological polar surface area (TPSA) is 337 Å². The molecule has 28 nitrogen and oxygen atoms in total. The number of rotatable bonds is 19. The molecule has 2 heterocycles. The van der Waals surface area contributed by atoms with Gasteiger partial charge in [0.25, 0.3) is 5.91 Å². The molecular formula is C75H127N13O15. The zero-order valence-corrected chi connectivity index (χ0v) is 66.3. The minimum atomic E-state index is -1.69. The Kier molecular flexibility index (Phi) is 35.5. The molecule has 11 atom stereocenters. The molecular weight excluding hydrogens is 1320 g/mol. The minimum Gasteiger partial charge on any atom is -0.496 e. The molecule has 0 saturated carbocycles. The number of nitrogens with one attached hydrogen (secondary N) is 5. The van der Waals surface area contributed by atoms with Crippen molar-refractivity contribution in [2.75, 3.05) is 83.1 Å². The van der Waals surface area contributed by atoms with Gasteiger partial charge in [-0.25, -0.2) is 0 Å². The number of hydrogen-bond donors (Lipinski definition) is 6. The molecule has 0 unspecified atom stereocenters. The van der Waals surface area contributed by atoms with Crippen molar-refractivity contribution in [2.45, 2.75) is 241 Å². The molecule has 2 fully saturated rings. The van der Waals surface area contributed by atoms with Gasteiger partial charge in [-0.3, -0.25) is 62.3 Å². The molecule has 13 amide bonds. The van der Waals surface area contributed by atoms with Crippen LogP contribution < -0.4 is 31.3 Å². The number of aliphatic hydroxyl groups is 1. The maximum Gasteiger partial charge on any atom is 0.254 e. The maximum absolute atomic E-state index is 15.6. The lowest BCUT2D eigenvalue weighted by molar-refractivity contribution is -0.152. The molecule has 28 heteroatoms. The van der Waals surface area contributed by atoms with Gasteiger partial charge in [0.15, 0.2) is 0 Å². The van der Waals surface area contributed by atoms with E-state index in [0.717, 1.165) is 16.2 Å². The van der Waals surface area contributed by atoms with Gasteiger partial charge in [-0.15, -0.1) is 0 Å². The van der Waals surface area contributed by atoms with E-state index >= 15 is 28.8 Å². The number of likely N-dealkylation sites (N-methyl/N-ethyl adjacent to an activating group) is 7. The third-order valence-electron chi connectivity index (χ3n) is 19.4. The molecule has 1 aromatic rings. The Morgan fingerprint density at radius 2 is 0.913 bits per heavy atom. The zero-order valence-electron chi connectivity index (χ0n) is 66.3. The van der Waals surface area contributed by atoms with E-state index in [0.29, 0.717) is 31.5 Å². The number of ether oxygens (including phenoxy) is 1. The SMILES string of the molecule is CNC(=O)c1ccc(C[C@@H]2NC(=O)[C@H](CC(C)C)N(C)C(=O)[C@H](CC(C)C)N(C)C(=O)[C@H](CC(C)C)NC(=O)[C@H](CC(C)C)N(C)C(=O)C[C@@H](C(=O)N3CCCCC3)NC(=O)[C@H](CC(C)C)N(C)C(=O)CN(C)C(=O)[C@H]([C@@H](C)O)NC(=O)[C@H](C(C)C)N(C)C(=O)[C@H](CC(C)C)N(C)C2=O)cc1OC. The van der Waals surface area contributed by atoms with Crippen LogP contribution in [0.15, 0.2) is 18.2 Å². The summed E-state index contributed by atoms with van der Waals surface area (Å²) in [6.45, 7) is 26.9. The highest BCUT2D eigenvalue weighted by Crippen LogP contribution is 2.27. The Hall–Kier alpha value is -7.91. The number of piperidine rings is 1. The van der Waals surface area contributed by atoms with E-state index in [4.69, 9.17) is 4.74 Å². The fraction of sp³-hybridized carbons (Fsp3) is 0.747. The fourth-order valence-electron chi connectivity index (χ4n) is 13.5. The summed E-state index contributed by atoms with van der Waals surface area (Å²) >= 11 is 0. The first-order valence-corrected chi connectivity index (χ1v) is 36.8. The maximum atomic E-state index is 15.6. The minimum absolute atomic E-state index is 0.0415. The number of carbonyl (C=O) groups is 13. The molecule has 0 radical (unpaired) electrons. The lowest BCUT2D eigenvalue weighted by atomic mass is 9.95. The molecule has 6 N–H and O–H groups in total. The summed E-state index contributed by atoms with van der Waals surface area (Å²) in [5.41, 5.74) is 0.602. The van der Waals surface area contributed by atoms with Gasteiger partial charge in [0.2, 0.25) is 70.9 Å². The Morgan fingerprint density at radius 1 is 0.495 bits per heavy atom. The molecule has 1 aromatic carbocycles. The molecule has 0 aliphatic carbocycles. The van der Waals surface area contributed by atoms with E-state index in [1.54, 1.807) is 30.9 Å². The van der Waals surface area contributed by atoms with Gasteiger partial charge in [0.1, 0.15) is 66.2 Å². The van der Waals surface area contributed by atoms with Gasteiger partial charge in [0.05, 0.1) is 31.7 Å². The highest BCUT2D eigenvalue weighted by molar-refractivity contribution is 6.01. The van der Waals surface area contributed by atoms with Crippen molar-refractivity contribution >= 4 is 76.8 Å². The van der Waals surface area contributed by atoms with Crippen LogP contribution in [-0.4, -0.2) is 271 Å². The number of aliphatic hydroxyl groups excluding tert-OH is 1. The summed E-state index contributed by atoms with van der Waals surface area (Å²) in [7, 11) is 12.6. The van der Waals surface area contributed by atoms with Crippen LogP contribution >= 0.6 is 0 Å². The van der Waals surface area contributed by atoms with Crippen molar-refractivity contribution in [1.29, 1.82) is 0 Å². The Morgan fingerprint density at radius 3 is 1.36 bits per heavy atom. The summed E-state index contributed by atoms with van der Waals surface area (Å²) in [5.74, 6) is -11.0. The summed E-state index contributed by atoms with van der Waals surface area (Å²) in [6, 6.07) is -8.92. The largest absolute Gasteiger partial charge is 0.496 e. The van der Waals surface area contributed by atoms with E-state index in [9.17, 15) is 38.7 Å². The quantitative estimate of drug-likeness (QED) is 0.115. The molecule has 2 aliphatic heterocycles. The van der Waals surface area contributed by atoms with Crippen molar-refractivity contribution in [3.8, 4) is 5.75 Å². The zero-order chi connectivity index (χ0) is 78.5. The van der Waals surface area contributed by atoms with E-state index in [2.05, 4.69) is 26.6 Å². The number of methoxy groups -OCH3 is 1. The molecule has 103 heavy (non-hydrogen) atoms. The number of amides is 13. The van der Waals surface area contributed by atoms with Gasteiger partial charge in [-0.1, -0.05) is 103 Å². The normalized spacial score (nSPS) is 24.8. The van der Waals surface area contributed by atoms with Gasteiger partial charge in [-0.2, -0.15) is 0 Å². The summed E-state index contributed by atoms with van der Waals surface area (Å²) in [4.78, 5) is 203. The van der Waals surface area contributed by atoms with Crippen molar-refractivity contribution in [1.82, 2.24) is 65.8 Å². The molecule has 0 bridgehead atoms. The second-order valence-electron chi connectivity index (χ2n) is 31.4. The number of benzene rings is 1. The van der Waals surface area contributed by atoms with Crippen molar-refractivity contribution < 1.29 is 72.2 Å². The average molecular weight is 1450 g/mol. The van der Waals surface area contributed by atoms with Gasteiger partial charge >= 0.3 is 0 Å². The first kappa shape index (κ1) is 89.3. The number of likely N-dealkylation sites (tertiary alicyclic amines) is 1. The van der Waals surface area contributed by atoms with Crippen LogP contribution in [0.2, 0.25) is 0 Å². The van der Waals surface area contributed by atoms with Crippen molar-refractivity contribution in [2.24, 2.45) is 41.4 Å². The molecule has 2 saturated heterocycles. The molecule has 2 aliphatic rings. The monoisotopic (exact) mass is 1450 g/mol. The summed E-state index contributed by atoms with van der Waals surface area (Å²) < 4.78 is 5.64. The van der Waals surface area contributed by atoms with E-state index < -0.39 is 162 Å². The lowest BCUT2D eigenvalue weighted by Crippen LogP contribution is -2.62. The third-order valence-corrected chi connectivity index (χ3v) is 19.4.